The Morgan fingerprint density at radius 3 is 2.65 bits per heavy atom. The molecule has 11 heteroatoms. The van der Waals surface area contributed by atoms with Crippen molar-refractivity contribution in [3.8, 4) is 22.8 Å². The van der Waals surface area contributed by atoms with Gasteiger partial charge in [-0.05, 0) is 44.9 Å². The van der Waals surface area contributed by atoms with Gasteiger partial charge in [0.1, 0.15) is 0 Å². The van der Waals surface area contributed by atoms with Gasteiger partial charge < -0.3 is 15.4 Å². The molecule has 0 atom stereocenters. The molecule has 0 amide bonds. The fraction of sp³-hybridized carbons (Fsp3) is 0.400. The summed E-state index contributed by atoms with van der Waals surface area (Å²) in [6, 6.07) is 4.74. The number of aromatic nitrogens is 4. The summed E-state index contributed by atoms with van der Waals surface area (Å²) in [5, 5.41) is 13.6. The zero-order valence-corrected chi connectivity index (χ0v) is 18.7. The molecule has 0 spiro atoms. The fourth-order valence-corrected chi connectivity index (χ4v) is 3.86. The van der Waals surface area contributed by atoms with E-state index in [0.29, 0.717) is 23.5 Å². The van der Waals surface area contributed by atoms with E-state index >= 15 is 0 Å². The average Bonchev–Trinajstić information content (AvgIpc) is 3.16. The molecule has 4 N–H and O–H groups in total. The normalized spacial score (nSPS) is 12.3. The zero-order valence-electron chi connectivity index (χ0n) is 17.9. The third-order valence-corrected chi connectivity index (χ3v) is 6.07. The number of nitrogen functional groups attached to an aromatic ring is 1. The van der Waals surface area contributed by atoms with E-state index in [1.54, 1.807) is 19.9 Å². The van der Waals surface area contributed by atoms with Crippen molar-refractivity contribution in [2.24, 2.45) is 0 Å². The summed E-state index contributed by atoms with van der Waals surface area (Å²) in [4.78, 5) is 13.0. The molecule has 0 aliphatic rings. The molecule has 0 saturated carbocycles. The van der Waals surface area contributed by atoms with E-state index in [9.17, 15) is 13.5 Å². The van der Waals surface area contributed by atoms with Crippen LogP contribution in [0.15, 0.2) is 33.8 Å². The van der Waals surface area contributed by atoms with Crippen LogP contribution in [0, 0.1) is 6.92 Å². The molecular weight excluding hydrogens is 420 g/mol. The van der Waals surface area contributed by atoms with Gasteiger partial charge in [-0.1, -0.05) is 18.1 Å². The molecule has 0 fully saturated rings. The number of nitrogens with two attached hydrogens (primary N) is 1. The zero-order chi connectivity index (χ0) is 22.8. The molecule has 10 nitrogen and oxygen atoms in total. The number of nitrogens with zero attached hydrogens (tertiary/aromatic N) is 4. The fourth-order valence-electron chi connectivity index (χ4n) is 2.80. The van der Waals surface area contributed by atoms with Crippen LogP contribution >= 0.6 is 0 Å². The average molecular weight is 447 g/mol. The Kier molecular flexibility index (Phi) is 6.39. The van der Waals surface area contributed by atoms with E-state index in [0.717, 1.165) is 5.56 Å². The van der Waals surface area contributed by atoms with Gasteiger partial charge in [-0.2, -0.15) is 4.98 Å². The van der Waals surface area contributed by atoms with E-state index in [4.69, 9.17) is 10.3 Å². The Bertz CT molecular complexity index is 1180. The van der Waals surface area contributed by atoms with Gasteiger partial charge in [-0.3, -0.25) is 0 Å². The second-order valence-electron chi connectivity index (χ2n) is 7.80. The van der Waals surface area contributed by atoms with Crippen LogP contribution in [0.3, 0.4) is 0 Å². The van der Waals surface area contributed by atoms with Crippen molar-refractivity contribution in [2.75, 3.05) is 12.3 Å². The highest BCUT2D eigenvalue weighted by Gasteiger charge is 2.20. The number of hydrogen-bond donors (Lipinski definition) is 3. The standard InChI is InChI=1S/C20H26N6O4S/c1-5-16-25-19(30-26-16)17-18(21)22-11-15(24-17)14-10-13(7-6-12(14)2)31(28,29)23-9-8-20(3,4)27/h6-7,10-11,23,27H,5,8-9H2,1-4H3,(H2,21,22). The summed E-state index contributed by atoms with van der Waals surface area (Å²) < 4.78 is 33.2. The molecule has 0 aliphatic carbocycles. The smallest absolute Gasteiger partial charge is 0.280 e. The van der Waals surface area contributed by atoms with Crippen LogP contribution in [0.5, 0.6) is 0 Å². The maximum atomic E-state index is 12.7. The van der Waals surface area contributed by atoms with E-state index in [1.165, 1.54) is 18.3 Å². The Balaban J connectivity index is 1.96. The first kappa shape index (κ1) is 22.8. The minimum absolute atomic E-state index is 0.0788. The summed E-state index contributed by atoms with van der Waals surface area (Å²) in [5.41, 5.74) is 7.02. The van der Waals surface area contributed by atoms with E-state index < -0.39 is 15.6 Å². The number of hydrogen-bond acceptors (Lipinski definition) is 9. The van der Waals surface area contributed by atoms with Gasteiger partial charge in [0.15, 0.2) is 17.3 Å². The number of benzene rings is 1. The molecule has 2 aromatic heterocycles. The van der Waals surface area contributed by atoms with Gasteiger partial charge in [0, 0.05) is 18.5 Å². The summed E-state index contributed by atoms with van der Waals surface area (Å²) in [7, 11) is -3.78. The highest BCUT2D eigenvalue weighted by atomic mass is 32.2. The maximum absolute atomic E-state index is 12.7. The first-order valence-electron chi connectivity index (χ1n) is 9.78. The molecule has 2 heterocycles. The molecule has 0 saturated heterocycles. The van der Waals surface area contributed by atoms with Gasteiger partial charge in [0.2, 0.25) is 10.0 Å². The monoisotopic (exact) mass is 446 g/mol. The summed E-state index contributed by atoms with van der Waals surface area (Å²) >= 11 is 0. The number of nitrogens with one attached hydrogen (secondary N) is 1. The maximum Gasteiger partial charge on any atom is 0.280 e. The van der Waals surface area contributed by atoms with E-state index in [-0.39, 0.29) is 35.3 Å². The minimum atomic E-state index is -3.78. The van der Waals surface area contributed by atoms with Crippen LogP contribution in [-0.2, 0) is 16.4 Å². The number of aliphatic hydroxyl groups is 1. The highest BCUT2D eigenvalue weighted by molar-refractivity contribution is 7.89. The second-order valence-corrected chi connectivity index (χ2v) is 9.56. The van der Waals surface area contributed by atoms with Gasteiger partial charge >= 0.3 is 0 Å². The first-order valence-corrected chi connectivity index (χ1v) is 11.3. The molecule has 166 valence electrons. The predicted molar refractivity (Wildman–Crippen MR) is 115 cm³/mol. The lowest BCUT2D eigenvalue weighted by atomic mass is 10.1. The van der Waals surface area contributed by atoms with Crippen molar-refractivity contribution in [3.63, 3.8) is 0 Å². The van der Waals surface area contributed by atoms with Crippen molar-refractivity contribution < 1.29 is 18.0 Å². The van der Waals surface area contributed by atoms with Crippen LogP contribution in [0.4, 0.5) is 5.82 Å². The van der Waals surface area contributed by atoms with Crippen molar-refractivity contribution in [1.82, 2.24) is 24.8 Å². The third-order valence-electron chi connectivity index (χ3n) is 4.61. The molecule has 0 bridgehead atoms. The third kappa shape index (κ3) is 5.43. The number of aryl methyl sites for hydroxylation is 2. The van der Waals surface area contributed by atoms with Gasteiger partial charge in [-0.15, -0.1) is 0 Å². The lowest BCUT2D eigenvalue weighted by Crippen LogP contribution is -2.30. The first-order chi connectivity index (χ1) is 14.5. The molecule has 3 aromatic rings. The Labute approximate surface area is 181 Å². The van der Waals surface area contributed by atoms with Gasteiger partial charge in [0.05, 0.1) is 22.4 Å². The molecule has 0 aliphatic heterocycles. The van der Waals surface area contributed by atoms with Crippen molar-refractivity contribution >= 4 is 15.8 Å². The summed E-state index contributed by atoms with van der Waals surface area (Å²) in [5.74, 6) is 0.797. The largest absolute Gasteiger partial charge is 0.390 e. The molecule has 3 rings (SSSR count). The summed E-state index contributed by atoms with van der Waals surface area (Å²) in [6.45, 7) is 7.08. The second kappa shape index (κ2) is 8.69. The Morgan fingerprint density at radius 1 is 1.26 bits per heavy atom. The van der Waals surface area contributed by atoms with Crippen LogP contribution < -0.4 is 10.5 Å². The summed E-state index contributed by atoms with van der Waals surface area (Å²) in [6.07, 6.45) is 2.34. The van der Waals surface area contributed by atoms with E-state index in [1.807, 2.05) is 13.8 Å². The Hall–Kier alpha value is -2.89. The van der Waals surface area contributed by atoms with Crippen LogP contribution in [0.1, 0.15) is 38.6 Å². The lowest BCUT2D eigenvalue weighted by Gasteiger charge is -2.17. The molecular formula is C20H26N6O4S. The highest BCUT2D eigenvalue weighted by Crippen LogP contribution is 2.28. The molecule has 0 radical (unpaired) electrons. The van der Waals surface area contributed by atoms with Gasteiger partial charge in [-0.25, -0.2) is 23.1 Å². The predicted octanol–water partition coefficient (Wildman–Crippen LogP) is 2.09. The van der Waals surface area contributed by atoms with Crippen molar-refractivity contribution in [2.45, 2.75) is 51.0 Å². The van der Waals surface area contributed by atoms with Crippen LogP contribution in [-0.4, -0.2) is 45.8 Å². The Morgan fingerprint density at radius 2 is 2.00 bits per heavy atom. The number of anilines is 1. The minimum Gasteiger partial charge on any atom is -0.390 e. The van der Waals surface area contributed by atoms with Gasteiger partial charge in [0.25, 0.3) is 5.89 Å². The van der Waals surface area contributed by atoms with Crippen LogP contribution in [0.25, 0.3) is 22.8 Å². The number of rotatable bonds is 8. The van der Waals surface area contributed by atoms with E-state index in [2.05, 4.69) is 24.8 Å². The number of sulfonamides is 1. The topological polar surface area (TPSA) is 157 Å². The SMILES string of the molecule is CCc1noc(-c2nc(-c3cc(S(=O)(=O)NCCC(C)(C)O)ccc3C)cnc2N)n1. The molecule has 1 aromatic carbocycles. The quantitative estimate of drug-likeness (QED) is 0.471. The molecule has 0 unspecified atom stereocenters. The molecule has 31 heavy (non-hydrogen) atoms. The van der Waals surface area contributed by atoms with Crippen molar-refractivity contribution in [1.29, 1.82) is 0 Å². The van der Waals surface area contributed by atoms with Crippen molar-refractivity contribution in [3.05, 3.63) is 35.8 Å². The lowest BCUT2D eigenvalue weighted by molar-refractivity contribution is 0.0728. The van der Waals surface area contributed by atoms with Crippen LogP contribution in [0.2, 0.25) is 0 Å².